The van der Waals surface area contributed by atoms with Gasteiger partial charge < -0.3 is 10.6 Å². The third kappa shape index (κ3) is 3.89. The van der Waals surface area contributed by atoms with E-state index in [4.69, 9.17) is 0 Å². The second-order valence-electron chi connectivity index (χ2n) is 5.20. The maximum atomic E-state index is 4.26. The average molecular weight is 281 g/mol. The van der Waals surface area contributed by atoms with Crippen LogP contribution >= 0.6 is 11.8 Å². The second kappa shape index (κ2) is 6.32. The van der Waals surface area contributed by atoms with Gasteiger partial charge in [-0.1, -0.05) is 0 Å². The zero-order valence-electron chi connectivity index (χ0n) is 11.9. The minimum Gasteiger partial charge on any atom is -0.355 e. The molecule has 5 nitrogen and oxygen atoms in total. The van der Waals surface area contributed by atoms with Crippen molar-refractivity contribution in [3.63, 3.8) is 0 Å². The molecule has 0 amide bonds. The molecule has 0 radical (unpaired) electrons. The van der Waals surface area contributed by atoms with E-state index in [0.717, 1.165) is 24.7 Å². The standard InChI is InChI=1S/C13H23N5S/c1-10-11(8-17-18-10)7-15-12(14-3)16-9-13(2)5-4-6-19-13/h8H,4-7,9H2,1-3H3,(H,17,18)(H2,14,15,16). The highest BCUT2D eigenvalue weighted by Crippen LogP contribution is 2.36. The lowest BCUT2D eigenvalue weighted by molar-refractivity contribution is 0.584. The van der Waals surface area contributed by atoms with Gasteiger partial charge in [-0.05, 0) is 32.4 Å². The van der Waals surface area contributed by atoms with Crippen LogP contribution < -0.4 is 10.6 Å². The summed E-state index contributed by atoms with van der Waals surface area (Å²) < 4.78 is 0.350. The molecule has 1 atom stereocenters. The molecule has 0 aliphatic carbocycles. The van der Waals surface area contributed by atoms with Crippen molar-refractivity contribution in [1.82, 2.24) is 20.8 Å². The van der Waals surface area contributed by atoms with E-state index in [0.29, 0.717) is 4.75 Å². The van der Waals surface area contributed by atoms with E-state index >= 15 is 0 Å². The SMILES string of the molecule is CN=C(NCc1cn[nH]c1C)NCC1(C)CCCS1. The van der Waals surface area contributed by atoms with Crippen molar-refractivity contribution in [3.8, 4) is 0 Å². The number of aliphatic imine (C=N–C) groups is 1. The number of aromatic nitrogens is 2. The van der Waals surface area contributed by atoms with Gasteiger partial charge in [-0.2, -0.15) is 16.9 Å². The number of guanidine groups is 1. The number of rotatable bonds is 4. The molecule has 1 aliphatic heterocycles. The third-order valence-electron chi connectivity index (χ3n) is 3.53. The van der Waals surface area contributed by atoms with Crippen LogP contribution in [0.1, 0.15) is 31.0 Å². The van der Waals surface area contributed by atoms with E-state index < -0.39 is 0 Å². The molecule has 1 aliphatic rings. The van der Waals surface area contributed by atoms with Gasteiger partial charge in [0.1, 0.15) is 0 Å². The minimum atomic E-state index is 0.350. The molecule has 106 valence electrons. The molecule has 2 rings (SSSR count). The van der Waals surface area contributed by atoms with E-state index in [-0.39, 0.29) is 0 Å². The van der Waals surface area contributed by atoms with Crippen LogP contribution in [0.3, 0.4) is 0 Å². The zero-order valence-corrected chi connectivity index (χ0v) is 12.7. The lowest BCUT2D eigenvalue weighted by atomic mass is 10.1. The Balaban J connectivity index is 1.79. The van der Waals surface area contributed by atoms with Gasteiger partial charge in [0.25, 0.3) is 0 Å². The first-order valence-corrected chi connectivity index (χ1v) is 7.69. The molecule has 3 N–H and O–H groups in total. The summed E-state index contributed by atoms with van der Waals surface area (Å²) in [6.07, 6.45) is 4.45. The Kier molecular flexibility index (Phi) is 4.74. The summed E-state index contributed by atoms with van der Waals surface area (Å²) in [4.78, 5) is 4.26. The van der Waals surface area contributed by atoms with Crippen molar-refractivity contribution in [2.24, 2.45) is 4.99 Å². The number of aryl methyl sites for hydroxylation is 1. The largest absolute Gasteiger partial charge is 0.355 e. The number of hydrogen-bond acceptors (Lipinski definition) is 3. The zero-order chi connectivity index (χ0) is 13.7. The summed E-state index contributed by atoms with van der Waals surface area (Å²) in [5, 5.41) is 13.7. The summed E-state index contributed by atoms with van der Waals surface area (Å²) in [7, 11) is 1.81. The molecule has 1 saturated heterocycles. The Morgan fingerprint density at radius 1 is 1.58 bits per heavy atom. The van der Waals surface area contributed by atoms with Crippen molar-refractivity contribution in [2.75, 3.05) is 19.3 Å². The predicted octanol–water partition coefficient (Wildman–Crippen LogP) is 1.67. The van der Waals surface area contributed by atoms with Gasteiger partial charge in [0.15, 0.2) is 5.96 Å². The molecule has 0 bridgehead atoms. The molecule has 2 heterocycles. The van der Waals surface area contributed by atoms with Crippen LogP contribution in [0.15, 0.2) is 11.2 Å². The van der Waals surface area contributed by atoms with Crippen LogP contribution in [0.5, 0.6) is 0 Å². The first-order chi connectivity index (χ1) is 9.13. The number of thioether (sulfide) groups is 1. The van der Waals surface area contributed by atoms with Crippen LogP contribution in [0.25, 0.3) is 0 Å². The summed E-state index contributed by atoms with van der Waals surface area (Å²) in [5.74, 6) is 2.13. The first kappa shape index (κ1) is 14.2. The van der Waals surface area contributed by atoms with Crippen molar-refractivity contribution in [3.05, 3.63) is 17.5 Å². The third-order valence-corrected chi connectivity index (χ3v) is 5.07. The fourth-order valence-corrected chi connectivity index (χ4v) is 3.44. The van der Waals surface area contributed by atoms with E-state index in [1.165, 1.54) is 24.2 Å². The Hall–Kier alpha value is -1.17. The Morgan fingerprint density at radius 3 is 3.00 bits per heavy atom. The maximum Gasteiger partial charge on any atom is 0.191 e. The van der Waals surface area contributed by atoms with E-state index in [1.54, 1.807) is 0 Å². The van der Waals surface area contributed by atoms with Crippen molar-refractivity contribution >= 4 is 17.7 Å². The molecule has 0 spiro atoms. The highest BCUT2D eigenvalue weighted by atomic mass is 32.2. The Morgan fingerprint density at radius 2 is 2.42 bits per heavy atom. The van der Waals surface area contributed by atoms with Gasteiger partial charge in [0.2, 0.25) is 0 Å². The maximum absolute atomic E-state index is 4.26. The monoisotopic (exact) mass is 281 g/mol. The van der Waals surface area contributed by atoms with Crippen molar-refractivity contribution in [1.29, 1.82) is 0 Å². The van der Waals surface area contributed by atoms with Crippen LogP contribution in [-0.4, -0.2) is 40.2 Å². The number of H-pyrrole nitrogens is 1. The number of hydrogen-bond donors (Lipinski definition) is 3. The normalized spacial score (nSPS) is 23.6. The topological polar surface area (TPSA) is 65.1 Å². The van der Waals surface area contributed by atoms with E-state index in [2.05, 4.69) is 44.5 Å². The first-order valence-electron chi connectivity index (χ1n) is 6.70. The van der Waals surface area contributed by atoms with Gasteiger partial charge >= 0.3 is 0 Å². The molecule has 0 aromatic carbocycles. The number of aromatic amines is 1. The molecule has 1 aromatic heterocycles. The molecule has 1 fully saturated rings. The molecule has 19 heavy (non-hydrogen) atoms. The lowest BCUT2D eigenvalue weighted by Crippen LogP contribution is -2.43. The molecule has 6 heteroatoms. The quantitative estimate of drug-likeness (QED) is 0.580. The average Bonchev–Trinajstić information content (AvgIpc) is 3.00. The summed E-state index contributed by atoms with van der Waals surface area (Å²) in [5.41, 5.74) is 2.27. The van der Waals surface area contributed by atoms with Crippen LogP contribution in [0, 0.1) is 6.92 Å². The van der Waals surface area contributed by atoms with Gasteiger partial charge in [-0.15, -0.1) is 0 Å². The molecular weight excluding hydrogens is 258 g/mol. The van der Waals surface area contributed by atoms with Gasteiger partial charge in [0.05, 0.1) is 6.20 Å². The summed E-state index contributed by atoms with van der Waals surface area (Å²) in [6, 6.07) is 0. The summed E-state index contributed by atoms with van der Waals surface area (Å²) >= 11 is 2.06. The van der Waals surface area contributed by atoms with E-state index in [9.17, 15) is 0 Å². The lowest BCUT2D eigenvalue weighted by Gasteiger charge is -2.24. The van der Waals surface area contributed by atoms with Crippen LogP contribution in [0.4, 0.5) is 0 Å². The molecule has 0 saturated carbocycles. The fourth-order valence-electron chi connectivity index (χ4n) is 2.20. The highest BCUT2D eigenvalue weighted by molar-refractivity contribution is 8.00. The Labute approximate surface area is 119 Å². The van der Waals surface area contributed by atoms with Gasteiger partial charge in [0, 0.05) is 36.1 Å². The number of nitrogens with one attached hydrogen (secondary N) is 3. The summed E-state index contributed by atoms with van der Waals surface area (Å²) in [6.45, 7) is 6.05. The van der Waals surface area contributed by atoms with Crippen LogP contribution in [-0.2, 0) is 6.54 Å². The van der Waals surface area contributed by atoms with Crippen molar-refractivity contribution < 1.29 is 0 Å². The minimum absolute atomic E-state index is 0.350. The highest BCUT2D eigenvalue weighted by Gasteiger charge is 2.29. The number of nitrogens with zero attached hydrogens (tertiary/aromatic N) is 2. The fraction of sp³-hybridized carbons (Fsp3) is 0.692. The molecule has 1 unspecified atom stereocenters. The van der Waals surface area contributed by atoms with Gasteiger partial charge in [-0.25, -0.2) is 0 Å². The predicted molar refractivity (Wildman–Crippen MR) is 81.6 cm³/mol. The second-order valence-corrected chi connectivity index (χ2v) is 6.88. The molecule has 1 aromatic rings. The Bertz CT molecular complexity index is 434. The van der Waals surface area contributed by atoms with Gasteiger partial charge in [-0.3, -0.25) is 10.1 Å². The van der Waals surface area contributed by atoms with Crippen molar-refractivity contribution in [2.45, 2.75) is 38.0 Å². The van der Waals surface area contributed by atoms with Crippen LogP contribution in [0.2, 0.25) is 0 Å². The molecular formula is C13H23N5S. The smallest absolute Gasteiger partial charge is 0.191 e. The van der Waals surface area contributed by atoms with E-state index in [1.807, 2.05) is 20.2 Å².